The molecule has 2 aromatic heterocycles. The van der Waals surface area contributed by atoms with Crippen molar-refractivity contribution in [3.05, 3.63) is 36.2 Å². The third-order valence-electron chi connectivity index (χ3n) is 1.89. The molecule has 2 rings (SSSR count). The summed E-state index contributed by atoms with van der Waals surface area (Å²) in [6, 6.07) is 5.97. The van der Waals surface area contributed by atoms with Crippen molar-refractivity contribution >= 4 is 0 Å². The molecule has 0 bridgehead atoms. The van der Waals surface area contributed by atoms with Gasteiger partial charge in [0, 0.05) is 19.4 Å². The predicted octanol–water partition coefficient (Wildman–Crippen LogP) is 1.79. The van der Waals surface area contributed by atoms with Crippen LogP contribution in [0.15, 0.2) is 30.6 Å². The van der Waals surface area contributed by atoms with Gasteiger partial charge in [-0.3, -0.25) is 9.67 Å². The molecule has 0 saturated heterocycles. The van der Waals surface area contributed by atoms with Crippen molar-refractivity contribution in [2.75, 3.05) is 0 Å². The van der Waals surface area contributed by atoms with Gasteiger partial charge < -0.3 is 0 Å². The van der Waals surface area contributed by atoms with Crippen molar-refractivity contribution in [1.29, 1.82) is 0 Å². The lowest BCUT2D eigenvalue weighted by Gasteiger charge is -1.96. The van der Waals surface area contributed by atoms with Crippen LogP contribution in [0.2, 0.25) is 0 Å². The molecule has 0 spiro atoms. The Morgan fingerprint density at radius 3 is 2.69 bits per heavy atom. The zero-order valence-corrected chi connectivity index (χ0v) is 7.73. The molecule has 0 atom stereocenters. The van der Waals surface area contributed by atoms with E-state index in [2.05, 4.69) is 10.1 Å². The number of aryl methyl sites for hydroxylation is 2. The molecule has 0 aliphatic rings. The van der Waals surface area contributed by atoms with Crippen LogP contribution in [0.1, 0.15) is 5.56 Å². The minimum Gasteiger partial charge on any atom is -0.275 e. The van der Waals surface area contributed by atoms with Crippen LogP contribution < -0.4 is 0 Å². The molecule has 0 unspecified atom stereocenters. The van der Waals surface area contributed by atoms with E-state index in [1.54, 1.807) is 10.9 Å². The lowest BCUT2D eigenvalue weighted by atomic mass is 10.2. The first-order chi connectivity index (χ1) is 6.25. The first-order valence-corrected chi connectivity index (χ1v) is 4.18. The van der Waals surface area contributed by atoms with Gasteiger partial charge in [-0.25, -0.2) is 0 Å². The van der Waals surface area contributed by atoms with Gasteiger partial charge in [-0.1, -0.05) is 0 Å². The lowest BCUT2D eigenvalue weighted by Crippen LogP contribution is -1.89. The van der Waals surface area contributed by atoms with Gasteiger partial charge in [0.05, 0.1) is 5.69 Å². The summed E-state index contributed by atoms with van der Waals surface area (Å²) in [5.74, 6) is 0. The van der Waals surface area contributed by atoms with E-state index in [0.717, 1.165) is 11.4 Å². The number of hydrogen-bond donors (Lipinski definition) is 0. The first kappa shape index (κ1) is 7.98. The van der Waals surface area contributed by atoms with Crippen molar-refractivity contribution in [2.24, 2.45) is 7.05 Å². The summed E-state index contributed by atoms with van der Waals surface area (Å²) in [7, 11) is 1.90. The summed E-state index contributed by atoms with van der Waals surface area (Å²) in [5, 5.41) is 4.28. The number of hydrogen-bond acceptors (Lipinski definition) is 2. The van der Waals surface area contributed by atoms with Crippen LogP contribution in [0.3, 0.4) is 0 Å². The Morgan fingerprint density at radius 2 is 2.08 bits per heavy atom. The normalized spacial score (nSPS) is 10.3. The molecule has 0 saturated carbocycles. The SMILES string of the molecule is Cc1ccnc(-c2ccn(C)n2)c1. The molecule has 0 aliphatic carbocycles. The summed E-state index contributed by atoms with van der Waals surface area (Å²) in [5.41, 5.74) is 3.06. The maximum absolute atomic E-state index is 4.28. The summed E-state index contributed by atoms with van der Waals surface area (Å²) in [6.45, 7) is 2.05. The van der Waals surface area contributed by atoms with E-state index in [0.29, 0.717) is 0 Å². The predicted molar refractivity (Wildman–Crippen MR) is 51.2 cm³/mol. The highest BCUT2D eigenvalue weighted by Crippen LogP contribution is 2.14. The Labute approximate surface area is 77.0 Å². The van der Waals surface area contributed by atoms with E-state index >= 15 is 0 Å². The minimum absolute atomic E-state index is 0.922. The highest BCUT2D eigenvalue weighted by atomic mass is 15.2. The van der Waals surface area contributed by atoms with Crippen LogP contribution in [0.4, 0.5) is 0 Å². The molecule has 2 aromatic rings. The van der Waals surface area contributed by atoms with Crippen molar-refractivity contribution in [2.45, 2.75) is 6.92 Å². The second-order valence-electron chi connectivity index (χ2n) is 3.09. The monoisotopic (exact) mass is 173 g/mol. The zero-order chi connectivity index (χ0) is 9.26. The third kappa shape index (κ3) is 1.59. The number of pyridine rings is 1. The molecule has 3 nitrogen and oxygen atoms in total. The van der Waals surface area contributed by atoms with Crippen molar-refractivity contribution < 1.29 is 0 Å². The largest absolute Gasteiger partial charge is 0.275 e. The van der Waals surface area contributed by atoms with Gasteiger partial charge in [-0.2, -0.15) is 5.10 Å². The summed E-state index contributed by atoms with van der Waals surface area (Å²) in [4.78, 5) is 4.25. The molecule has 0 fully saturated rings. The van der Waals surface area contributed by atoms with E-state index in [9.17, 15) is 0 Å². The maximum atomic E-state index is 4.28. The fraction of sp³-hybridized carbons (Fsp3) is 0.200. The van der Waals surface area contributed by atoms with Crippen LogP contribution in [0.25, 0.3) is 11.4 Å². The van der Waals surface area contributed by atoms with Crippen LogP contribution >= 0.6 is 0 Å². The fourth-order valence-corrected chi connectivity index (χ4v) is 1.23. The molecule has 3 heteroatoms. The average molecular weight is 173 g/mol. The second kappa shape index (κ2) is 3.01. The summed E-state index contributed by atoms with van der Waals surface area (Å²) in [6.07, 6.45) is 3.72. The number of aromatic nitrogens is 3. The van der Waals surface area contributed by atoms with Crippen LogP contribution in [-0.2, 0) is 7.05 Å². The Bertz CT molecular complexity index is 418. The molecule has 2 heterocycles. The van der Waals surface area contributed by atoms with E-state index < -0.39 is 0 Å². The van der Waals surface area contributed by atoms with Gasteiger partial charge in [-0.15, -0.1) is 0 Å². The maximum Gasteiger partial charge on any atom is 0.111 e. The molecular weight excluding hydrogens is 162 g/mol. The minimum atomic E-state index is 0.922. The van der Waals surface area contributed by atoms with E-state index in [4.69, 9.17) is 0 Å². The zero-order valence-electron chi connectivity index (χ0n) is 7.73. The van der Waals surface area contributed by atoms with Gasteiger partial charge in [0.15, 0.2) is 0 Å². The standard InChI is InChI=1S/C10H11N3/c1-8-3-5-11-10(7-8)9-4-6-13(2)12-9/h3-7H,1-2H3. The van der Waals surface area contributed by atoms with Gasteiger partial charge in [-0.05, 0) is 30.7 Å². The Kier molecular flexibility index (Phi) is 1.85. The smallest absolute Gasteiger partial charge is 0.111 e. The van der Waals surface area contributed by atoms with Crippen LogP contribution in [0, 0.1) is 6.92 Å². The first-order valence-electron chi connectivity index (χ1n) is 4.18. The lowest BCUT2D eigenvalue weighted by molar-refractivity contribution is 0.770. The van der Waals surface area contributed by atoms with Crippen LogP contribution in [-0.4, -0.2) is 14.8 Å². The Balaban J connectivity index is 2.46. The second-order valence-corrected chi connectivity index (χ2v) is 3.09. The number of rotatable bonds is 1. The van der Waals surface area contributed by atoms with E-state index in [1.165, 1.54) is 5.56 Å². The average Bonchev–Trinajstić information content (AvgIpc) is 2.52. The van der Waals surface area contributed by atoms with Gasteiger partial charge in [0.1, 0.15) is 5.69 Å². The van der Waals surface area contributed by atoms with E-state index in [-0.39, 0.29) is 0 Å². The van der Waals surface area contributed by atoms with Crippen molar-refractivity contribution in [3.8, 4) is 11.4 Å². The molecule has 0 amide bonds. The molecule has 0 aromatic carbocycles. The topological polar surface area (TPSA) is 30.7 Å². The molecule has 0 radical (unpaired) electrons. The molecule has 0 N–H and O–H groups in total. The molecular formula is C10H11N3. The third-order valence-corrected chi connectivity index (χ3v) is 1.89. The van der Waals surface area contributed by atoms with E-state index in [1.807, 2.05) is 38.4 Å². The van der Waals surface area contributed by atoms with Gasteiger partial charge in [0.25, 0.3) is 0 Å². The number of nitrogens with zero attached hydrogens (tertiary/aromatic N) is 3. The molecule has 13 heavy (non-hydrogen) atoms. The highest BCUT2D eigenvalue weighted by molar-refractivity contribution is 5.53. The molecule has 66 valence electrons. The van der Waals surface area contributed by atoms with Crippen LogP contribution in [0.5, 0.6) is 0 Å². The Morgan fingerprint density at radius 1 is 1.23 bits per heavy atom. The Hall–Kier alpha value is -1.64. The molecule has 0 aliphatic heterocycles. The van der Waals surface area contributed by atoms with Gasteiger partial charge >= 0.3 is 0 Å². The van der Waals surface area contributed by atoms with Crippen molar-refractivity contribution in [3.63, 3.8) is 0 Å². The van der Waals surface area contributed by atoms with Crippen molar-refractivity contribution in [1.82, 2.24) is 14.8 Å². The summed E-state index contributed by atoms with van der Waals surface area (Å²) >= 11 is 0. The fourth-order valence-electron chi connectivity index (χ4n) is 1.23. The highest BCUT2D eigenvalue weighted by Gasteiger charge is 2.01. The van der Waals surface area contributed by atoms with Gasteiger partial charge in [0.2, 0.25) is 0 Å². The summed E-state index contributed by atoms with van der Waals surface area (Å²) < 4.78 is 1.78. The quantitative estimate of drug-likeness (QED) is 0.658.